The van der Waals surface area contributed by atoms with E-state index in [4.69, 9.17) is 18.9 Å². The number of ketones is 1. The van der Waals surface area contributed by atoms with Gasteiger partial charge in [0.1, 0.15) is 11.9 Å². The molecule has 0 amide bonds. The average Bonchev–Trinajstić information content (AvgIpc) is 2.92. The van der Waals surface area contributed by atoms with Crippen LogP contribution in [0.1, 0.15) is 18.9 Å². The van der Waals surface area contributed by atoms with Crippen LogP contribution in [0.3, 0.4) is 0 Å². The first kappa shape index (κ1) is 19.1. The monoisotopic (exact) mass is 370 g/mol. The van der Waals surface area contributed by atoms with Crippen LogP contribution in [-0.2, 0) is 20.7 Å². The van der Waals surface area contributed by atoms with Gasteiger partial charge in [0.05, 0.1) is 26.7 Å². The normalized spacial score (nSPS) is 26.4. The van der Waals surface area contributed by atoms with E-state index in [1.54, 1.807) is 20.3 Å². The number of carbonyl (C=O) groups excluding carboxylic acids is 1. The van der Waals surface area contributed by atoms with Crippen molar-refractivity contribution in [2.24, 2.45) is 11.3 Å². The molecule has 0 saturated carbocycles. The van der Waals surface area contributed by atoms with Crippen molar-refractivity contribution >= 4 is 5.78 Å². The number of fused-ring (bicyclic) bond motifs is 1. The molecule has 0 unspecified atom stereocenters. The third-order valence-electron chi connectivity index (χ3n) is 5.59. The highest BCUT2D eigenvalue weighted by Gasteiger charge is 2.52. The Kier molecular flexibility index (Phi) is 5.31. The highest BCUT2D eigenvalue weighted by molar-refractivity contribution is 6.04. The second-order valence-corrected chi connectivity index (χ2v) is 6.96. The van der Waals surface area contributed by atoms with E-state index in [0.29, 0.717) is 35.9 Å². The topological polar surface area (TPSA) is 54.0 Å². The molecule has 1 fully saturated rings. The molecular weight excluding hydrogens is 344 g/mol. The van der Waals surface area contributed by atoms with E-state index >= 15 is 0 Å². The Morgan fingerprint density at radius 3 is 2.56 bits per heavy atom. The fourth-order valence-corrected chi connectivity index (χ4v) is 4.00. The largest absolute Gasteiger partial charge is 0.493 e. The second-order valence-electron chi connectivity index (χ2n) is 6.96. The summed E-state index contributed by atoms with van der Waals surface area (Å²) >= 11 is 0. The maximum absolute atomic E-state index is 12.2. The van der Waals surface area contributed by atoms with Gasteiger partial charge in [-0.3, -0.25) is 4.79 Å². The van der Waals surface area contributed by atoms with Gasteiger partial charge in [-0.05, 0) is 30.2 Å². The molecule has 0 radical (unpaired) electrons. The molecule has 0 N–H and O–H groups in total. The summed E-state index contributed by atoms with van der Waals surface area (Å²) in [7, 11) is 4.76. The predicted molar refractivity (Wildman–Crippen MR) is 103 cm³/mol. The van der Waals surface area contributed by atoms with Crippen LogP contribution in [0.4, 0.5) is 0 Å². The zero-order chi connectivity index (χ0) is 19.6. The van der Waals surface area contributed by atoms with Crippen LogP contribution in [0.25, 0.3) is 0 Å². The maximum Gasteiger partial charge on any atom is 0.223 e. The van der Waals surface area contributed by atoms with Crippen LogP contribution >= 0.6 is 0 Å². The summed E-state index contributed by atoms with van der Waals surface area (Å²) in [5, 5.41) is 0. The van der Waals surface area contributed by atoms with Crippen LogP contribution in [0, 0.1) is 11.3 Å². The minimum atomic E-state index is -0.401. The van der Waals surface area contributed by atoms with E-state index in [1.807, 2.05) is 30.4 Å². The molecule has 0 aromatic heterocycles. The maximum atomic E-state index is 12.2. The zero-order valence-electron chi connectivity index (χ0n) is 16.3. The fourth-order valence-electron chi connectivity index (χ4n) is 4.00. The molecule has 3 atom stereocenters. The van der Waals surface area contributed by atoms with E-state index < -0.39 is 5.41 Å². The SMILES string of the molecule is C=CC[C@@]12C=C(OC)C(=O)C=C1O[C@@H](Cc1ccc(OC)c(OC)c1)[C@H]2C. The van der Waals surface area contributed by atoms with Crippen molar-refractivity contribution < 1.29 is 23.7 Å². The van der Waals surface area contributed by atoms with Crippen molar-refractivity contribution in [3.8, 4) is 11.5 Å². The number of rotatable bonds is 7. The first-order chi connectivity index (χ1) is 13.0. The van der Waals surface area contributed by atoms with Gasteiger partial charge in [-0.1, -0.05) is 19.1 Å². The van der Waals surface area contributed by atoms with Gasteiger partial charge in [0, 0.05) is 18.4 Å². The molecule has 5 heteroatoms. The lowest BCUT2D eigenvalue weighted by Gasteiger charge is -2.31. The van der Waals surface area contributed by atoms with Gasteiger partial charge in [0.2, 0.25) is 5.78 Å². The van der Waals surface area contributed by atoms with Gasteiger partial charge in [0.25, 0.3) is 0 Å². The Labute approximate surface area is 160 Å². The van der Waals surface area contributed by atoms with E-state index in [9.17, 15) is 4.79 Å². The number of hydrogen-bond donors (Lipinski definition) is 0. The van der Waals surface area contributed by atoms with Crippen LogP contribution in [0.15, 0.2) is 54.5 Å². The van der Waals surface area contributed by atoms with Gasteiger partial charge in [-0.2, -0.15) is 0 Å². The Balaban J connectivity index is 1.91. The van der Waals surface area contributed by atoms with Crippen molar-refractivity contribution in [2.75, 3.05) is 21.3 Å². The molecule has 0 bridgehead atoms. The molecule has 144 valence electrons. The third-order valence-corrected chi connectivity index (χ3v) is 5.59. The summed E-state index contributed by atoms with van der Waals surface area (Å²) in [6.45, 7) is 6.05. The highest BCUT2D eigenvalue weighted by Crippen LogP contribution is 2.53. The zero-order valence-corrected chi connectivity index (χ0v) is 16.3. The minimum Gasteiger partial charge on any atom is -0.493 e. The van der Waals surface area contributed by atoms with Gasteiger partial charge in [-0.15, -0.1) is 6.58 Å². The van der Waals surface area contributed by atoms with Gasteiger partial charge in [-0.25, -0.2) is 0 Å². The molecule has 27 heavy (non-hydrogen) atoms. The molecule has 0 spiro atoms. The molecule has 3 rings (SSSR count). The molecule has 1 saturated heterocycles. The first-order valence-electron chi connectivity index (χ1n) is 9.01. The Hall–Kier alpha value is -2.69. The Morgan fingerprint density at radius 1 is 1.19 bits per heavy atom. The minimum absolute atomic E-state index is 0.0745. The van der Waals surface area contributed by atoms with E-state index in [1.165, 1.54) is 7.11 Å². The van der Waals surface area contributed by atoms with Crippen molar-refractivity contribution in [1.82, 2.24) is 0 Å². The number of methoxy groups -OCH3 is 3. The highest BCUT2D eigenvalue weighted by atomic mass is 16.5. The van der Waals surface area contributed by atoms with Gasteiger partial charge in [0.15, 0.2) is 17.3 Å². The summed E-state index contributed by atoms with van der Waals surface area (Å²) in [6.07, 6.45) is 6.64. The molecular formula is C22H26O5. The molecule has 1 aliphatic heterocycles. The standard InChI is InChI=1S/C22H26O5/c1-6-9-22-13-20(26-5)16(23)12-21(22)27-18(14(22)2)10-15-7-8-17(24-3)19(11-15)25-4/h6-8,11-14,18H,1,9-10H2,2-5H3/t14-,18+,22+/m1/s1. The third kappa shape index (κ3) is 3.22. The Bertz CT molecular complexity index is 807. The summed E-state index contributed by atoms with van der Waals surface area (Å²) < 4.78 is 22.2. The van der Waals surface area contributed by atoms with E-state index in [-0.39, 0.29) is 17.8 Å². The number of allylic oxidation sites excluding steroid dienone is 3. The van der Waals surface area contributed by atoms with Crippen molar-refractivity contribution in [3.05, 3.63) is 60.1 Å². The molecule has 1 aliphatic carbocycles. The van der Waals surface area contributed by atoms with Gasteiger partial charge < -0.3 is 18.9 Å². The van der Waals surface area contributed by atoms with Crippen LogP contribution in [0.5, 0.6) is 11.5 Å². The first-order valence-corrected chi connectivity index (χ1v) is 9.01. The molecule has 1 aromatic rings. The lowest BCUT2D eigenvalue weighted by molar-refractivity contribution is -0.114. The van der Waals surface area contributed by atoms with Crippen molar-refractivity contribution in [2.45, 2.75) is 25.9 Å². The second kappa shape index (κ2) is 7.51. The number of ether oxygens (including phenoxy) is 4. The summed E-state index contributed by atoms with van der Waals surface area (Å²) in [5.41, 5.74) is 0.683. The van der Waals surface area contributed by atoms with E-state index in [0.717, 1.165) is 5.56 Å². The lowest BCUT2D eigenvalue weighted by atomic mass is 9.69. The number of benzene rings is 1. The van der Waals surface area contributed by atoms with Crippen molar-refractivity contribution in [1.29, 1.82) is 0 Å². The number of carbonyl (C=O) groups is 1. The van der Waals surface area contributed by atoms with Crippen LogP contribution in [-0.4, -0.2) is 33.2 Å². The average molecular weight is 370 g/mol. The summed E-state index contributed by atoms with van der Waals surface area (Å²) in [6, 6.07) is 5.87. The lowest BCUT2D eigenvalue weighted by Crippen LogP contribution is -2.31. The molecule has 2 aliphatic rings. The Morgan fingerprint density at radius 2 is 1.93 bits per heavy atom. The van der Waals surface area contributed by atoms with Crippen molar-refractivity contribution in [3.63, 3.8) is 0 Å². The van der Waals surface area contributed by atoms with Gasteiger partial charge >= 0.3 is 0 Å². The van der Waals surface area contributed by atoms with Crippen LogP contribution in [0.2, 0.25) is 0 Å². The quantitative estimate of drug-likeness (QED) is 0.683. The number of hydrogen-bond acceptors (Lipinski definition) is 5. The molecule has 1 heterocycles. The smallest absolute Gasteiger partial charge is 0.223 e. The predicted octanol–water partition coefficient (Wildman–Crippen LogP) is 3.84. The summed E-state index contributed by atoms with van der Waals surface area (Å²) in [4.78, 5) is 12.2. The summed E-state index contributed by atoms with van der Waals surface area (Å²) in [5.74, 6) is 2.43. The molecule has 1 aromatic carbocycles. The fraction of sp³-hybridized carbons (Fsp3) is 0.409. The van der Waals surface area contributed by atoms with E-state index in [2.05, 4.69) is 13.5 Å². The molecule has 5 nitrogen and oxygen atoms in total. The van der Waals surface area contributed by atoms with Crippen LogP contribution < -0.4 is 9.47 Å².